The number of ether oxygens (including phenoxy) is 4. The Morgan fingerprint density at radius 1 is 0.293 bits per heavy atom. The fourth-order valence-corrected chi connectivity index (χ4v) is 9.64. The maximum atomic E-state index is 11.1. The Morgan fingerprint density at radius 2 is 0.552 bits per heavy atom. The number of anilines is 3. The molecule has 0 aliphatic carbocycles. The van der Waals surface area contributed by atoms with Gasteiger partial charge in [-0.1, -0.05) is 97.1 Å². The molecule has 8 nitrogen and oxygen atoms in total. The number of aromatic hydroxyl groups is 1. The number of rotatable bonds is 0. The van der Waals surface area contributed by atoms with Crippen LogP contribution >= 0.6 is 0 Å². The zero-order valence-electron chi connectivity index (χ0n) is 31.0. The lowest BCUT2D eigenvalue weighted by atomic mass is 9.61. The first-order valence-electron chi connectivity index (χ1n) is 19.0. The van der Waals surface area contributed by atoms with Gasteiger partial charge in [-0.25, -0.2) is 0 Å². The second-order valence-corrected chi connectivity index (χ2v) is 14.7. The maximum Gasteiger partial charge on any atom is 0.135 e. The summed E-state index contributed by atoms with van der Waals surface area (Å²) in [6.45, 7) is 0. The van der Waals surface area contributed by atoms with E-state index in [-0.39, 0.29) is 5.75 Å². The van der Waals surface area contributed by atoms with E-state index in [0.29, 0.717) is 34.1 Å². The van der Waals surface area contributed by atoms with Crippen LogP contribution in [0.25, 0.3) is 0 Å². The van der Waals surface area contributed by atoms with Crippen molar-refractivity contribution in [2.75, 3.05) is 17.2 Å². The molecule has 4 heterocycles. The van der Waals surface area contributed by atoms with E-state index in [4.69, 9.17) is 36.1 Å². The molecule has 58 heavy (non-hydrogen) atoms. The van der Waals surface area contributed by atoms with Gasteiger partial charge in [0.25, 0.3) is 0 Å². The number of phenols is 1. The molecule has 0 amide bonds. The van der Waals surface area contributed by atoms with Crippen LogP contribution in [0.4, 0.5) is 17.1 Å². The Balaban J connectivity index is 0.000000133. The summed E-state index contributed by atoms with van der Waals surface area (Å²) < 4.78 is 25.1. The molecule has 7 N–H and O–H groups in total. The Labute approximate surface area is 334 Å². The fraction of sp³-hybridized carbons (Fsp3) is 0.0400. The largest absolute Gasteiger partial charge is 0.507 e. The summed E-state index contributed by atoms with van der Waals surface area (Å²) in [6, 6.07) is 54.5. The first-order valence-corrected chi connectivity index (χ1v) is 19.0. The van der Waals surface area contributed by atoms with E-state index >= 15 is 0 Å². The molecule has 4 aliphatic heterocycles. The first-order chi connectivity index (χ1) is 28.4. The number of nitrogen functional groups attached to an aromatic ring is 3. The molecule has 12 rings (SSSR count). The van der Waals surface area contributed by atoms with E-state index in [1.807, 2.05) is 146 Å². The van der Waals surface area contributed by atoms with E-state index < -0.39 is 10.8 Å². The van der Waals surface area contributed by atoms with E-state index in [1.54, 1.807) is 12.1 Å². The van der Waals surface area contributed by atoms with Crippen molar-refractivity contribution in [2.45, 2.75) is 10.8 Å². The van der Waals surface area contributed by atoms with E-state index in [2.05, 4.69) is 12.1 Å². The van der Waals surface area contributed by atoms with Gasteiger partial charge in [0.2, 0.25) is 0 Å². The van der Waals surface area contributed by atoms with Gasteiger partial charge in [0.15, 0.2) is 0 Å². The van der Waals surface area contributed by atoms with Crippen molar-refractivity contribution in [3.05, 3.63) is 214 Å². The zero-order chi connectivity index (χ0) is 39.2. The Bertz CT molecular complexity index is 2590. The number of nitrogens with two attached hydrogens (primary N) is 3. The third-order valence-electron chi connectivity index (χ3n) is 11.7. The summed E-state index contributed by atoms with van der Waals surface area (Å²) in [5.41, 5.74) is 27.2. The van der Waals surface area contributed by atoms with Crippen LogP contribution in [0.1, 0.15) is 44.5 Å². The summed E-state index contributed by atoms with van der Waals surface area (Å²) in [4.78, 5) is 0. The number of phenolic OH excluding ortho intramolecular Hbond substituents is 1. The second-order valence-electron chi connectivity index (χ2n) is 14.7. The standard InChI is InChI=1S/C25H18N2O2.C25H17NO3/c2*26-17-9-5-13-21-23(17)25(15-7-1-3-11-19(15)28-21)16-8-2-4-12-20(16)29-22-14-6-10-18(27)24(22)25/h1-14H,26-27H2;1-14,27H,26H2/t;25-/m.0/s1. The van der Waals surface area contributed by atoms with Gasteiger partial charge in [0.1, 0.15) is 51.7 Å². The Morgan fingerprint density at radius 3 is 0.897 bits per heavy atom. The highest BCUT2D eigenvalue weighted by Crippen LogP contribution is 2.65. The molecule has 0 aromatic heterocycles. The Hall–Kier alpha value is -7.84. The van der Waals surface area contributed by atoms with Gasteiger partial charge in [-0.15, -0.1) is 0 Å². The van der Waals surface area contributed by atoms with Crippen molar-refractivity contribution in [3.8, 4) is 51.7 Å². The summed E-state index contributed by atoms with van der Waals surface area (Å²) in [5, 5.41) is 11.1. The van der Waals surface area contributed by atoms with Crippen molar-refractivity contribution in [3.63, 3.8) is 0 Å². The quantitative estimate of drug-likeness (QED) is 0.112. The molecule has 8 aromatic carbocycles. The summed E-state index contributed by atoms with van der Waals surface area (Å²) >= 11 is 0. The average Bonchev–Trinajstić information content (AvgIpc) is 3.24. The molecule has 8 heteroatoms. The molecule has 0 fully saturated rings. The highest BCUT2D eigenvalue weighted by Gasteiger charge is 2.54. The van der Waals surface area contributed by atoms with Gasteiger partial charge in [-0.2, -0.15) is 0 Å². The SMILES string of the molecule is Nc1cccc2c1C1(c3ccccc3O2)c2ccccc2Oc2cccc(N)c21.Nc1cccc2c1[C@]1(c3ccccc3O2)c2ccccc2Oc2cccc(O)c21. The molecule has 2 spiro atoms. The van der Waals surface area contributed by atoms with Crippen LogP contribution in [0.5, 0.6) is 51.7 Å². The normalized spacial score (nSPS) is 16.3. The Kier molecular flexibility index (Phi) is 7.12. The average molecular weight is 758 g/mol. The van der Waals surface area contributed by atoms with Crippen LogP contribution in [0.2, 0.25) is 0 Å². The molecule has 0 bridgehead atoms. The molecule has 4 aliphatic rings. The van der Waals surface area contributed by atoms with Crippen molar-refractivity contribution < 1.29 is 24.1 Å². The smallest absolute Gasteiger partial charge is 0.135 e. The molecule has 0 saturated heterocycles. The number of fused-ring (bicyclic) bond motifs is 16. The minimum atomic E-state index is -0.856. The van der Waals surface area contributed by atoms with Crippen molar-refractivity contribution in [2.24, 2.45) is 0 Å². The minimum absolute atomic E-state index is 0.155. The topological polar surface area (TPSA) is 135 Å². The monoisotopic (exact) mass is 757 g/mol. The highest BCUT2D eigenvalue weighted by atomic mass is 16.5. The van der Waals surface area contributed by atoms with E-state index in [9.17, 15) is 5.11 Å². The summed E-state index contributed by atoms with van der Waals surface area (Å²) in [6.07, 6.45) is 0. The summed E-state index contributed by atoms with van der Waals surface area (Å²) in [5.74, 6) is 5.94. The second kappa shape index (κ2) is 12.3. The number of hydrogen-bond acceptors (Lipinski definition) is 8. The summed E-state index contributed by atoms with van der Waals surface area (Å²) in [7, 11) is 0. The van der Waals surface area contributed by atoms with Crippen LogP contribution < -0.4 is 36.1 Å². The third kappa shape index (κ3) is 4.39. The van der Waals surface area contributed by atoms with E-state index in [0.717, 1.165) is 73.4 Å². The van der Waals surface area contributed by atoms with Gasteiger partial charge in [0, 0.05) is 56.0 Å². The predicted octanol–water partition coefficient (Wildman–Crippen LogP) is 11.0. The van der Waals surface area contributed by atoms with Crippen molar-refractivity contribution in [1.29, 1.82) is 0 Å². The number of para-hydroxylation sites is 4. The molecule has 0 radical (unpaired) electrons. The van der Waals surface area contributed by atoms with E-state index in [1.165, 1.54) is 0 Å². The maximum absolute atomic E-state index is 11.1. The zero-order valence-corrected chi connectivity index (χ0v) is 31.0. The van der Waals surface area contributed by atoms with Gasteiger partial charge in [-0.3, -0.25) is 0 Å². The molecule has 0 saturated carbocycles. The van der Waals surface area contributed by atoms with Crippen LogP contribution in [0.3, 0.4) is 0 Å². The predicted molar refractivity (Wildman–Crippen MR) is 225 cm³/mol. The first kappa shape index (κ1) is 33.5. The molecular weight excluding hydrogens is 723 g/mol. The lowest BCUT2D eigenvalue weighted by Crippen LogP contribution is -2.38. The molecular formula is C50H35N3O5. The van der Waals surface area contributed by atoms with Crippen LogP contribution in [-0.4, -0.2) is 5.11 Å². The van der Waals surface area contributed by atoms with Crippen LogP contribution in [-0.2, 0) is 10.8 Å². The van der Waals surface area contributed by atoms with Gasteiger partial charge in [-0.05, 0) is 72.8 Å². The van der Waals surface area contributed by atoms with Gasteiger partial charge < -0.3 is 41.3 Å². The highest BCUT2D eigenvalue weighted by molar-refractivity contribution is 5.84. The van der Waals surface area contributed by atoms with Crippen LogP contribution in [0, 0.1) is 0 Å². The number of benzene rings is 8. The molecule has 0 unspecified atom stereocenters. The van der Waals surface area contributed by atoms with Crippen molar-refractivity contribution >= 4 is 17.1 Å². The lowest BCUT2D eigenvalue weighted by Gasteiger charge is -2.45. The molecule has 8 aromatic rings. The third-order valence-corrected chi connectivity index (χ3v) is 11.7. The van der Waals surface area contributed by atoms with Gasteiger partial charge in [0.05, 0.1) is 16.4 Å². The van der Waals surface area contributed by atoms with Gasteiger partial charge >= 0.3 is 0 Å². The molecule has 280 valence electrons. The fourth-order valence-electron chi connectivity index (χ4n) is 9.64. The molecule has 1 atom stereocenters. The van der Waals surface area contributed by atoms with Crippen molar-refractivity contribution in [1.82, 2.24) is 0 Å². The number of hydrogen-bond donors (Lipinski definition) is 4. The van der Waals surface area contributed by atoms with Crippen LogP contribution in [0.15, 0.2) is 170 Å². The minimum Gasteiger partial charge on any atom is -0.507 e. The lowest BCUT2D eigenvalue weighted by molar-refractivity contribution is 0.383.